The molecule has 0 aromatic rings. The van der Waals surface area contributed by atoms with E-state index >= 15 is 0 Å². The maximum atomic E-state index is 11.9. The van der Waals surface area contributed by atoms with Crippen molar-refractivity contribution < 1.29 is 13.2 Å². The molecule has 0 rings (SSSR count). The zero-order chi connectivity index (χ0) is 20.4. The Morgan fingerprint density at radius 3 is 2.04 bits per heavy atom. The van der Waals surface area contributed by atoms with Gasteiger partial charge < -0.3 is 4.90 Å². The first-order valence-corrected chi connectivity index (χ1v) is 12.3. The molecule has 0 aliphatic carbocycles. The summed E-state index contributed by atoms with van der Waals surface area (Å²) in [5, 5.41) is 0. The van der Waals surface area contributed by atoms with E-state index in [4.69, 9.17) is 0 Å². The maximum Gasteiger partial charge on any atom is 0.222 e. The SMILES string of the molecule is CC/C=C\C/C=C\C/C=C\CCCCCCCC(=O)N(C)CCS(C)(=O)=O. The highest BCUT2D eigenvalue weighted by Crippen LogP contribution is 2.09. The average Bonchev–Trinajstić information content (AvgIpc) is 2.62. The van der Waals surface area contributed by atoms with Crippen LogP contribution in [-0.2, 0) is 14.6 Å². The number of hydrogen-bond donors (Lipinski definition) is 0. The smallest absolute Gasteiger partial charge is 0.222 e. The second-order valence-electron chi connectivity index (χ2n) is 7.05. The highest BCUT2D eigenvalue weighted by atomic mass is 32.2. The van der Waals surface area contributed by atoms with Crippen molar-refractivity contribution in [1.82, 2.24) is 4.90 Å². The molecule has 0 atom stereocenters. The molecule has 27 heavy (non-hydrogen) atoms. The van der Waals surface area contributed by atoms with E-state index < -0.39 is 9.84 Å². The second-order valence-corrected chi connectivity index (χ2v) is 9.31. The Labute approximate surface area is 167 Å². The number of unbranched alkanes of at least 4 members (excludes halogenated alkanes) is 5. The molecule has 4 nitrogen and oxygen atoms in total. The van der Waals surface area contributed by atoms with Gasteiger partial charge in [0.2, 0.25) is 5.91 Å². The molecule has 0 saturated heterocycles. The summed E-state index contributed by atoms with van der Waals surface area (Å²) in [7, 11) is -1.33. The Hall–Kier alpha value is -1.36. The number of carbonyl (C=O) groups is 1. The Kier molecular flexibility index (Phi) is 15.9. The lowest BCUT2D eigenvalue weighted by Crippen LogP contribution is -2.31. The first-order chi connectivity index (χ1) is 12.9. The molecule has 0 aliphatic rings. The lowest BCUT2D eigenvalue weighted by atomic mass is 10.1. The van der Waals surface area contributed by atoms with Gasteiger partial charge in [-0.1, -0.05) is 62.6 Å². The van der Waals surface area contributed by atoms with Gasteiger partial charge in [0.05, 0.1) is 5.75 Å². The topological polar surface area (TPSA) is 54.5 Å². The molecule has 0 aromatic heterocycles. The van der Waals surface area contributed by atoms with E-state index in [2.05, 4.69) is 43.4 Å². The van der Waals surface area contributed by atoms with Crippen LogP contribution in [0.4, 0.5) is 0 Å². The summed E-state index contributed by atoms with van der Waals surface area (Å²) in [6, 6.07) is 0. The second kappa shape index (κ2) is 16.8. The van der Waals surface area contributed by atoms with Crippen molar-refractivity contribution in [1.29, 1.82) is 0 Å². The van der Waals surface area contributed by atoms with Crippen molar-refractivity contribution >= 4 is 15.7 Å². The van der Waals surface area contributed by atoms with Crippen molar-refractivity contribution in [3.8, 4) is 0 Å². The third-order valence-corrected chi connectivity index (χ3v) is 5.19. The average molecular weight is 398 g/mol. The van der Waals surface area contributed by atoms with Crippen LogP contribution in [0.15, 0.2) is 36.5 Å². The van der Waals surface area contributed by atoms with Gasteiger partial charge >= 0.3 is 0 Å². The van der Waals surface area contributed by atoms with Gasteiger partial charge in [0.15, 0.2) is 0 Å². The van der Waals surface area contributed by atoms with Gasteiger partial charge in [0, 0.05) is 26.3 Å². The van der Waals surface area contributed by atoms with E-state index in [0.29, 0.717) is 6.42 Å². The van der Waals surface area contributed by atoms with E-state index in [9.17, 15) is 13.2 Å². The standard InChI is InChI=1S/C22H39NO3S/c1-4-5-6-7-8-9-10-11-12-13-14-15-16-17-18-19-22(24)23(2)20-21-27(3,25)26/h5-6,8-9,11-12H,4,7,10,13-21H2,1-3H3/b6-5-,9-8-,12-11-. The summed E-state index contributed by atoms with van der Waals surface area (Å²) < 4.78 is 22.2. The monoisotopic (exact) mass is 397 g/mol. The minimum absolute atomic E-state index is 0.0362. The van der Waals surface area contributed by atoms with Crippen LogP contribution in [0.5, 0.6) is 0 Å². The Balaban J connectivity index is 3.52. The summed E-state index contributed by atoms with van der Waals surface area (Å²) in [6.45, 7) is 2.43. The number of rotatable bonds is 16. The maximum absolute atomic E-state index is 11.9. The van der Waals surface area contributed by atoms with Gasteiger partial charge in [0.1, 0.15) is 9.84 Å². The van der Waals surface area contributed by atoms with Crippen LogP contribution in [0.25, 0.3) is 0 Å². The van der Waals surface area contributed by atoms with Crippen LogP contribution < -0.4 is 0 Å². The fraction of sp³-hybridized carbons (Fsp3) is 0.682. The largest absolute Gasteiger partial charge is 0.345 e. The predicted molar refractivity (Wildman–Crippen MR) is 117 cm³/mol. The molecule has 5 heteroatoms. The first kappa shape index (κ1) is 25.6. The summed E-state index contributed by atoms with van der Waals surface area (Å²) in [4.78, 5) is 13.4. The minimum atomic E-state index is -3.01. The molecule has 0 fully saturated rings. The van der Waals surface area contributed by atoms with Gasteiger partial charge in [-0.3, -0.25) is 4.79 Å². The molecule has 0 aliphatic heterocycles. The van der Waals surface area contributed by atoms with Gasteiger partial charge in [-0.05, 0) is 38.5 Å². The van der Waals surface area contributed by atoms with Crippen molar-refractivity contribution in [2.24, 2.45) is 0 Å². The summed E-state index contributed by atoms with van der Waals surface area (Å²) in [5.74, 6) is 0.0777. The summed E-state index contributed by atoms with van der Waals surface area (Å²) in [6.07, 6.45) is 24.7. The molecule has 0 radical (unpaired) electrons. The van der Waals surface area contributed by atoms with Crippen LogP contribution in [-0.4, -0.2) is 44.8 Å². The lowest BCUT2D eigenvalue weighted by molar-refractivity contribution is -0.129. The van der Waals surface area contributed by atoms with E-state index in [1.165, 1.54) is 24.0 Å². The van der Waals surface area contributed by atoms with Gasteiger partial charge in [-0.25, -0.2) is 8.42 Å². The molecule has 0 unspecified atom stereocenters. The number of nitrogens with zero attached hydrogens (tertiary/aromatic N) is 1. The molecule has 0 bridgehead atoms. The van der Waals surface area contributed by atoms with Gasteiger partial charge in [-0.15, -0.1) is 0 Å². The zero-order valence-corrected chi connectivity index (χ0v) is 18.3. The first-order valence-electron chi connectivity index (χ1n) is 10.2. The van der Waals surface area contributed by atoms with E-state index in [1.807, 2.05) is 0 Å². The molecule has 0 spiro atoms. The number of carbonyl (C=O) groups excluding carboxylic acids is 1. The number of sulfone groups is 1. The number of hydrogen-bond acceptors (Lipinski definition) is 3. The zero-order valence-electron chi connectivity index (χ0n) is 17.5. The number of allylic oxidation sites excluding steroid dienone is 6. The fourth-order valence-electron chi connectivity index (χ4n) is 2.51. The summed E-state index contributed by atoms with van der Waals surface area (Å²) >= 11 is 0. The van der Waals surface area contributed by atoms with Crippen LogP contribution in [0.2, 0.25) is 0 Å². The van der Waals surface area contributed by atoms with Crippen molar-refractivity contribution in [3.05, 3.63) is 36.5 Å². The van der Waals surface area contributed by atoms with Crippen LogP contribution >= 0.6 is 0 Å². The van der Waals surface area contributed by atoms with Gasteiger partial charge in [0.25, 0.3) is 0 Å². The number of amides is 1. The third kappa shape index (κ3) is 19.2. The normalized spacial score (nSPS) is 12.6. The van der Waals surface area contributed by atoms with Crippen molar-refractivity contribution in [2.45, 2.75) is 71.1 Å². The molecule has 0 aromatic carbocycles. The predicted octanol–water partition coefficient (Wildman–Crippen LogP) is 5.08. The fourth-order valence-corrected chi connectivity index (χ4v) is 3.12. The van der Waals surface area contributed by atoms with Gasteiger partial charge in [-0.2, -0.15) is 0 Å². The lowest BCUT2D eigenvalue weighted by Gasteiger charge is -2.16. The Morgan fingerprint density at radius 1 is 0.852 bits per heavy atom. The molecule has 0 N–H and O–H groups in total. The minimum Gasteiger partial charge on any atom is -0.345 e. The Bertz CT molecular complexity index is 562. The van der Waals surface area contributed by atoms with E-state index in [0.717, 1.165) is 44.9 Å². The molecule has 0 saturated carbocycles. The van der Waals surface area contributed by atoms with Crippen molar-refractivity contribution in [2.75, 3.05) is 25.6 Å². The van der Waals surface area contributed by atoms with Crippen LogP contribution in [0.3, 0.4) is 0 Å². The quantitative estimate of drug-likeness (QED) is 0.270. The van der Waals surface area contributed by atoms with E-state index in [-0.39, 0.29) is 18.2 Å². The molecular weight excluding hydrogens is 358 g/mol. The molecule has 1 amide bonds. The highest BCUT2D eigenvalue weighted by molar-refractivity contribution is 7.90. The van der Waals surface area contributed by atoms with Crippen LogP contribution in [0.1, 0.15) is 71.1 Å². The Morgan fingerprint density at radius 2 is 1.41 bits per heavy atom. The van der Waals surface area contributed by atoms with E-state index in [1.54, 1.807) is 7.05 Å². The third-order valence-electron chi connectivity index (χ3n) is 4.26. The molecule has 156 valence electrons. The molecular formula is C22H39NO3S. The van der Waals surface area contributed by atoms with Crippen molar-refractivity contribution in [3.63, 3.8) is 0 Å². The van der Waals surface area contributed by atoms with Crippen LogP contribution in [0, 0.1) is 0 Å². The highest BCUT2D eigenvalue weighted by Gasteiger charge is 2.10. The summed E-state index contributed by atoms with van der Waals surface area (Å²) in [5.41, 5.74) is 0. The molecule has 0 heterocycles.